The molecule has 218 valence electrons. The van der Waals surface area contributed by atoms with Crippen molar-refractivity contribution >= 4 is 67.8 Å². The van der Waals surface area contributed by atoms with E-state index >= 15 is 0 Å². The predicted octanol–water partition coefficient (Wildman–Crippen LogP) is 6.10. The molecule has 0 aliphatic carbocycles. The van der Waals surface area contributed by atoms with Crippen LogP contribution in [0.2, 0.25) is 5.02 Å². The second-order valence-electron chi connectivity index (χ2n) is 10.6. The molecule has 2 unspecified atom stereocenters. The van der Waals surface area contributed by atoms with Gasteiger partial charge in [0.25, 0.3) is 5.91 Å². The summed E-state index contributed by atoms with van der Waals surface area (Å²) in [5, 5.41) is 16.4. The molecule has 43 heavy (non-hydrogen) atoms. The van der Waals surface area contributed by atoms with Crippen molar-refractivity contribution in [2.75, 3.05) is 35.5 Å². The summed E-state index contributed by atoms with van der Waals surface area (Å²) in [6, 6.07) is 13.1. The first kappa shape index (κ1) is 27.4. The van der Waals surface area contributed by atoms with Gasteiger partial charge in [-0.25, -0.2) is 9.78 Å². The van der Waals surface area contributed by atoms with Gasteiger partial charge >= 0.3 is 6.03 Å². The summed E-state index contributed by atoms with van der Waals surface area (Å²) in [6.07, 6.45) is 1.38. The summed E-state index contributed by atoms with van der Waals surface area (Å²) >= 11 is 7.69. The highest BCUT2D eigenvalue weighted by atomic mass is 35.5. The molecule has 5 heterocycles. The fraction of sp³-hybridized carbons (Fsp3) is 0.267. The van der Waals surface area contributed by atoms with Gasteiger partial charge in [-0.3, -0.25) is 14.6 Å². The number of nitrogens with zero attached hydrogens (tertiary/aromatic N) is 4. The average molecular weight is 617 g/mol. The summed E-state index contributed by atoms with van der Waals surface area (Å²) in [7, 11) is 0. The molecular weight excluding hydrogens is 592 g/mol. The van der Waals surface area contributed by atoms with E-state index in [9.17, 15) is 14.9 Å². The molecule has 3 aliphatic rings. The largest absolute Gasteiger partial charge is 0.454 e. The molecule has 1 saturated heterocycles. The first-order valence-electron chi connectivity index (χ1n) is 13.6. The van der Waals surface area contributed by atoms with E-state index in [1.54, 1.807) is 12.1 Å². The molecule has 1 fully saturated rings. The highest BCUT2D eigenvalue weighted by Crippen LogP contribution is 2.53. The maximum absolute atomic E-state index is 13.7. The molecule has 0 bridgehead atoms. The first-order valence-corrected chi connectivity index (χ1v) is 14.8. The van der Waals surface area contributed by atoms with Gasteiger partial charge < -0.3 is 24.8 Å². The lowest BCUT2D eigenvalue weighted by molar-refractivity contribution is -0.0409. The highest BCUT2D eigenvalue weighted by molar-refractivity contribution is 7.21. The molecule has 0 spiro atoms. The molecule has 0 radical (unpaired) electrons. The number of anilines is 4. The SMILES string of the molecule is CC1COCC(C)N1Cc1ccc(NC(=O)c2sc3ncc(C#N)c4c3c2NC(=O)N4c2c(Cl)ccc3c2OCO3)cc1. The number of thiophene rings is 1. The zero-order chi connectivity index (χ0) is 29.8. The third kappa shape index (κ3) is 4.61. The lowest BCUT2D eigenvalue weighted by Crippen LogP contribution is -2.48. The summed E-state index contributed by atoms with van der Waals surface area (Å²) in [5.74, 6) is 0.302. The van der Waals surface area contributed by atoms with Crippen LogP contribution in [0.15, 0.2) is 42.6 Å². The van der Waals surface area contributed by atoms with Gasteiger partial charge in [-0.1, -0.05) is 23.7 Å². The van der Waals surface area contributed by atoms with Crippen molar-refractivity contribution in [1.29, 1.82) is 5.26 Å². The van der Waals surface area contributed by atoms with E-state index in [-0.39, 0.29) is 45.1 Å². The molecule has 2 aromatic heterocycles. The molecule has 2 N–H and O–H groups in total. The summed E-state index contributed by atoms with van der Waals surface area (Å²) in [6.45, 7) is 6.48. The van der Waals surface area contributed by atoms with Crippen LogP contribution in [0.1, 0.15) is 34.6 Å². The van der Waals surface area contributed by atoms with Gasteiger partial charge in [0.2, 0.25) is 6.79 Å². The number of halogens is 1. The standard InChI is InChI=1S/C30H25ClN6O5S/c1-15-12-40-13-16(2)36(15)11-17-3-5-19(6-4-17)34-28(38)27-23-22-24(18(9-32)10-33-29(22)43-27)37(30(39)35-23)25-20(31)7-8-21-26(25)42-14-41-21/h3-8,10,15-16H,11-14H2,1-2H3,(H,34,38)(H,35,39). The Balaban J connectivity index is 1.21. The minimum atomic E-state index is -0.606. The van der Waals surface area contributed by atoms with Crippen molar-refractivity contribution in [2.45, 2.75) is 32.5 Å². The Labute approximate surface area is 255 Å². The summed E-state index contributed by atoms with van der Waals surface area (Å²) in [4.78, 5) is 36.1. The molecule has 2 aromatic carbocycles. The third-order valence-corrected chi connectivity index (χ3v) is 9.19. The number of rotatable bonds is 5. The molecule has 11 nitrogen and oxygen atoms in total. The van der Waals surface area contributed by atoms with Gasteiger partial charge in [0.1, 0.15) is 21.5 Å². The maximum atomic E-state index is 13.7. The highest BCUT2D eigenvalue weighted by Gasteiger charge is 2.38. The number of fused-ring (bicyclic) bond motifs is 1. The van der Waals surface area contributed by atoms with E-state index in [4.69, 9.17) is 25.8 Å². The molecule has 3 aliphatic heterocycles. The number of benzene rings is 2. The lowest BCUT2D eigenvalue weighted by Gasteiger charge is -2.38. The number of hydrogen-bond donors (Lipinski definition) is 2. The smallest absolute Gasteiger partial charge is 0.331 e. The number of morpholine rings is 1. The number of urea groups is 1. The van der Waals surface area contributed by atoms with Crippen molar-refractivity contribution in [3.63, 3.8) is 0 Å². The van der Waals surface area contributed by atoms with E-state index in [1.807, 2.05) is 24.3 Å². The van der Waals surface area contributed by atoms with Gasteiger partial charge in [0.15, 0.2) is 11.5 Å². The molecule has 7 rings (SSSR count). The predicted molar refractivity (Wildman–Crippen MR) is 163 cm³/mol. The lowest BCUT2D eigenvalue weighted by atomic mass is 10.1. The van der Waals surface area contributed by atoms with Crippen LogP contribution in [0.3, 0.4) is 0 Å². The normalized spacial score (nSPS) is 19.3. The van der Waals surface area contributed by atoms with Gasteiger partial charge in [-0.2, -0.15) is 5.26 Å². The van der Waals surface area contributed by atoms with E-state index in [1.165, 1.54) is 11.1 Å². The minimum Gasteiger partial charge on any atom is -0.454 e. The van der Waals surface area contributed by atoms with Crippen molar-refractivity contribution in [3.05, 3.63) is 63.6 Å². The van der Waals surface area contributed by atoms with Crippen molar-refractivity contribution < 1.29 is 23.8 Å². The number of nitrogens with one attached hydrogen (secondary N) is 2. The minimum absolute atomic E-state index is 0.0323. The summed E-state index contributed by atoms with van der Waals surface area (Å²) < 4.78 is 16.8. The molecular formula is C30H25ClN6O5S. The Morgan fingerprint density at radius 3 is 2.67 bits per heavy atom. The Bertz CT molecular complexity index is 1830. The van der Waals surface area contributed by atoms with Crippen LogP contribution in [0.4, 0.5) is 27.5 Å². The second kappa shape index (κ2) is 10.7. The van der Waals surface area contributed by atoms with E-state index in [0.717, 1.165) is 23.4 Å². The van der Waals surface area contributed by atoms with Crippen LogP contribution >= 0.6 is 22.9 Å². The number of hydrogen-bond acceptors (Lipinski definition) is 9. The van der Waals surface area contributed by atoms with Crippen molar-refractivity contribution in [2.24, 2.45) is 0 Å². The van der Waals surface area contributed by atoms with Gasteiger partial charge in [-0.05, 0) is 43.7 Å². The fourth-order valence-electron chi connectivity index (χ4n) is 5.70. The zero-order valence-corrected chi connectivity index (χ0v) is 24.7. The first-order chi connectivity index (χ1) is 20.8. The number of carbonyl (C=O) groups excluding carboxylic acids is 2. The van der Waals surface area contributed by atoms with E-state index < -0.39 is 11.9 Å². The zero-order valence-electron chi connectivity index (χ0n) is 23.1. The van der Waals surface area contributed by atoms with E-state index in [0.29, 0.717) is 47.0 Å². The van der Waals surface area contributed by atoms with Gasteiger partial charge in [-0.15, -0.1) is 11.3 Å². The topological polar surface area (TPSA) is 129 Å². The number of aromatic nitrogens is 1. The van der Waals surface area contributed by atoms with Crippen molar-refractivity contribution in [3.8, 4) is 17.6 Å². The van der Waals surface area contributed by atoms with E-state index in [2.05, 4.69) is 40.4 Å². The Hall–Kier alpha value is -4.41. The molecule has 4 aromatic rings. The molecule has 2 atom stereocenters. The monoisotopic (exact) mass is 616 g/mol. The van der Waals surface area contributed by atoms with Crippen LogP contribution < -0.4 is 25.0 Å². The van der Waals surface area contributed by atoms with Crippen LogP contribution in [-0.4, -0.2) is 53.9 Å². The van der Waals surface area contributed by atoms with Crippen LogP contribution in [0, 0.1) is 11.3 Å². The number of pyridine rings is 1. The maximum Gasteiger partial charge on any atom is 0.331 e. The Kier molecular flexibility index (Phi) is 6.82. The molecule has 3 amide bonds. The molecule has 0 saturated carbocycles. The summed E-state index contributed by atoms with van der Waals surface area (Å²) in [5.41, 5.74) is 2.66. The number of nitriles is 1. The van der Waals surface area contributed by atoms with Crippen molar-refractivity contribution in [1.82, 2.24) is 9.88 Å². The third-order valence-electron chi connectivity index (χ3n) is 7.79. The number of ether oxygens (including phenoxy) is 3. The van der Waals surface area contributed by atoms with Gasteiger partial charge in [0, 0.05) is 30.5 Å². The quantitative estimate of drug-likeness (QED) is 0.275. The Morgan fingerprint density at radius 1 is 1.16 bits per heavy atom. The van der Waals surface area contributed by atoms with Crippen LogP contribution in [-0.2, 0) is 11.3 Å². The van der Waals surface area contributed by atoms with Crippen LogP contribution in [0.25, 0.3) is 10.2 Å². The van der Waals surface area contributed by atoms with Crippen LogP contribution in [0.5, 0.6) is 11.5 Å². The average Bonchev–Trinajstić information content (AvgIpc) is 3.62. The van der Waals surface area contributed by atoms with Gasteiger partial charge in [0.05, 0.1) is 40.6 Å². The number of amides is 3. The Morgan fingerprint density at radius 2 is 1.93 bits per heavy atom. The fourth-order valence-corrected chi connectivity index (χ4v) is 6.93. The number of carbonyl (C=O) groups is 2. The molecule has 13 heteroatoms. The second-order valence-corrected chi connectivity index (χ2v) is 12.0.